The molecule has 0 bridgehead atoms. The molecule has 2 rings (SSSR count). The van der Waals surface area contributed by atoms with Crippen molar-refractivity contribution < 1.29 is 9.63 Å². The van der Waals surface area contributed by atoms with Crippen LogP contribution >= 0.6 is 0 Å². The lowest BCUT2D eigenvalue weighted by Crippen LogP contribution is -2.37. The normalized spacial score (nSPS) is 17.2. The number of nitrogens with zero attached hydrogens (tertiary/aromatic N) is 3. The Morgan fingerprint density at radius 2 is 2.45 bits per heavy atom. The van der Waals surface area contributed by atoms with Gasteiger partial charge >= 0.3 is 0 Å². The Morgan fingerprint density at radius 1 is 1.60 bits per heavy atom. The van der Waals surface area contributed by atoms with Crippen molar-refractivity contribution >= 4 is 11.6 Å². The Kier molecular flexibility index (Phi) is 4.87. The van der Waals surface area contributed by atoms with Crippen LogP contribution in [0.5, 0.6) is 0 Å². The Labute approximate surface area is 118 Å². The summed E-state index contributed by atoms with van der Waals surface area (Å²) >= 11 is 0. The van der Waals surface area contributed by atoms with Gasteiger partial charge in [-0.3, -0.25) is 9.78 Å². The van der Waals surface area contributed by atoms with Crippen LogP contribution in [0.4, 0.5) is 0 Å². The molecule has 0 radical (unpaired) electrons. The lowest BCUT2D eigenvalue weighted by molar-refractivity contribution is -0.132. The molecule has 0 N–H and O–H groups in total. The number of rotatable bonds is 6. The van der Waals surface area contributed by atoms with Crippen molar-refractivity contribution in [3.8, 4) is 0 Å². The number of oxime groups is 1. The maximum Gasteiger partial charge on any atom is 0.222 e. The Bertz CT molecular complexity index is 499. The van der Waals surface area contributed by atoms with E-state index < -0.39 is 0 Å². The maximum atomic E-state index is 11.8. The molecule has 1 aromatic heterocycles. The van der Waals surface area contributed by atoms with Gasteiger partial charge in [0.2, 0.25) is 5.91 Å². The molecular formula is C15H19N3O2. The Morgan fingerprint density at radius 3 is 3.10 bits per heavy atom. The van der Waals surface area contributed by atoms with Crippen molar-refractivity contribution in [2.24, 2.45) is 5.16 Å². The highest BCUT2D eigenvalue weighted by Crippen LogP contribution is 2.16. The van der Waals surface area contributed by atoms with Crippen LogP contribution in [0, 0.1) is 0 Å². The Hall–Kier alpha value is -2.17. The van der Waals surface area contributed by atoms with E-state index in [-0.39, 0.29) is 12.0 Å². The smallest absolute Gasteiger partial charge is 0.222 e. The van der Waals surface area contributed by atoms with Gasteiger partial charge in [-0.25, -0.2) is 0 Å². The molecule has 0 aliphatic carbocycles. The van der Waals surface area contributed by atoms with E-state index >= 15 is 0 Å². The van der Waals surface area contributed by atoms with Crippen molar-refractivity contribution in [2.75, 3.05) is 13.1 Å². The summed E-state index contributed by atoms with van der Waals surface area (Å²) in [6, 6.07) is 5.69. The zero-order valence-corrected chi connectivity index (χ0v) is 11.7. The standard InChI is InChI=1S/C15H19N3O2/c1-3-9-18(15(19)4-2)11-12-10-14(17-20-12)13-7-5-6-8-16-13/h3,5-8,12H,1,4,9-11H2,2H3/t12-/m1/s1. The van der Waals surface area contributed by atoms with Crippen molar-refractivity contribution in [1.29, 1.82) is 0 Å². The molecule has 0 fully saturated rings. The molecule has 20 heavy (non-hydrogen) atoms. The third kappa shape index (κ3) is 3.44. The summed E-state index contributed by atoms with van der Waals surface area (Å²) in [5.74, 6) is 0.0970. The summed E-state index contributed by atoms with van der Waals surface area (Å²) in [7, 11) is 0. The van der Waals surface area contributed by atoms with Gasteiger partial charge in [0.25, 0.3) is 0 Å². The van der Waals surface area contributed by atoms with Crippen LogP contribution in [-0.4, -0.2) is 40.7 Å². The lowest BCUT2D eigenvalue weighted by atomic mass is 10.1. The zero-order chi connectivity index (χ0) is 14.4. The highest BCUT2D eigenvalue weighted by molar-refractivity contribution is 5.99. The number of carbonyl (C=O) groups is 1. The fourth-order valence-corrected chi connectivity index (χ4v) is 2.11. The van der Waals surface area contributed by atoms with Gasteiger partial charge in [-0.2, -0.15) is 0 Å². The lowest BCUT2D eigenvalue weighted by Gasteiger charge is -2.22. The minimum Gasteiger partial charge on any atom is -0.390 e. The molecule has 1 aliphatic heterocycles. The quantitative estimate of drug-likeness (QED) is 0.745. The monoisotopic (exact) mass is 273 g/mol. The summed E-state index contributed by atoms with van der Waals surface area (Å²) < 4.78 is 0. The van der Waals surface area contributed by atoms with Crippen molar-refractivity contribution in [3.63, 3.8) is 0 Å². The fourth-order valence-electron chi connectivity index (χ4n) is 2.11. The predicted molar refractivity (Wildman–Crippen MR) is 77.3 cm³/mol. The predicted octanol–water partition coefficient (Wildman–Crippen LogP) is 2.00. The largest absolute Gasteiger partial charge is 0.390 e. The highest BCUT2D eigenvalue weighted by Gasteiger charge is 2.26. The van der Waals surface area contributed by atoms with Crippen LogP contribution in [0.1, 0.15) is 25.5 Å². The van der Waals surface area contributed by atoms with Gasteiger partial charge in [-0.1, -0.05) is 24.2 Å². The van der Waals surface area contributed by atoms with E-state index in [1.165, 1.54) is 0 Å². The molecule has 0 saturated carbocycles. The van der Waals surface area contributed by atoms with Crippen LogP contribution < -0.4 is 0 Å². The van der Waals surface area contributed by atoms with Crippen LogP contribution in [0.25, 0.3) is 0 Å². The minimum absolute atomic E-state index is 0.0970. The number of hydrogen-bond acceptors (Lipinski definition) is 4. The fraction of sp³-hybridized carbons (Fsp3) is 0.400. The van der Waals surface area contributed by atoms with Gasteiger partial charge in [0.15, 0.2) is 6.10 Å². The van der Waals surface area contributed by atoms with Crippen molar-refractivity contribution in [3.05, 3.63) is 42.7 Å². The van der Waals surface area contributed by atoms with Crippen molar-refractivity contribution in [1.82, 2.24) is 9.88 Å². The van der Waals surface area contributed by atoms with Gasteiger partial charge in [-0.15, -0.1) is 6.58 Å². The number of pyridine rings is 1. The molecule has 0 saturated heterocycles. The summed E-state index contributed by atoms with van der Waals surface area (Å²) in [6.45, 7) is 6.59. The van der Waals surface area contributed by atoms with E-state index in [0.717, 1.165) is 11.4 Å². The molecule has 0 aromatic carbocycles. The second-order valence-corrected chi connectivity index (χ2v) is 4.63. The van der Waals surface area contributed by atoms with Crippen LogP contribution in [0.2, 0.25) is 0 Å². The van der Waals surface area contributed by atoms with E-state index in [1.807, 2.05) is 25.1 Å². The molecular weight excluding hydrogens is 254 g/mol. The summed E-state index contributed by atoms with van der Waals surface area (Å²) in [6.07, 6.45) is 4.50. The Balaban J connectivity index is 1.94. The van der Waals surface area contributed by atoms with Gasteiger partial charge < -0.3 is 9.74 Å². The van der Waals surface area contributed by atoms with Gasteiger partial charge in [0, 0.05) is 25.6 Å². The maximum absolute atomic E-state index is 11.8. The first kappa shape index (κ1) is 14.2. The first-order valence-electron chi connectivity index (χ1n) is 6.77. The first-order chi connectivity index (χ1) is 9.74. The summed E-state index contributed by atoms with van der Waals surface area (Å²) in [5.41, 5.74) is 1.66. The average Bonchev–Trinajstić information content (AvgIpc) is 2.95. The topological polar surface area (TPSA) is 54.8 Å². The number of hydrogen-bond donors (Lipinski definition) is 0. The molecule has 1 atom stereocenters. The molecule has 5 heteroatoms. The van der Waals surface area contributed by atoms with Gasteiger partial charge in [0.05, 0.1) is 12.2 Å². The van der Waals surface area contributed by atoms with Crippen LogP contribution in [0.3, 0.4) is 0 Å². The zero-order valence-electron chi connectivity index (χ0n) is 11.7. The molecule has 1 amide bonds. The second kappa shape index (κ2) is 6.84. The van der Waals surface area contributed by atoms with E-state index in [9.17, 15) is 4.79 Å². The van der Waals surface area contributed by atoms with Gasteiger partial charge in [0.1, 0.15) is 5.71 Å². The van der Waals surface area contributed by atoms with Crippen molar-refractivity contribution in [2.45, 2.75) is 25.9 Å². The van der Waals surface area contributed by atoms with Crippen LogP contribution in [0.15, 0.2) is 42.2 Å². The molecule has 5 nitrogen and oxygen atoms in total. The van der Waals surface area contributed by atoms with E-state index in [0.29, 0.717) is 25.9 Å². The first-order valence-corrected chi connectivity index (χ1v) is 6.77. The number of amides is 1. The van der Waals surface area contributed by atoms with Gasteiger partial charge in [-0.05, 0) is 12.1 Å². The molecule has 1 aliphatic rings. The molecule has 0 spiro atoms. The summed E-state index contributed by atoms with van der Waals surface area (Å²) in [4.78, 5) is 23.2. The third-order valence-electron chi connectivity index (χ3n) is 3.12. The number of aromatic nitrogens is 1. The number of carbonyl (C=O) groups excluding carboxylic acids is 1. The second-order valence-electron chi connectivity index (χ2n) is 4.63. The minimum atomic E-state index is -0.109. The molecule has 0 unspecified atom stereocenters. The summed E-state index contributed by atoms with van der Waals surface area (Å²) in [5, 5.41) is 4.08. The third-order valence-corrected chi connectivity index (χ3v) is 3.12. The molecule has 106 valence electrons. The van der Waals surface area contributed by atoms with E-state index in [2.05, 4.69) is 16.7 Å². The van der Waals surface area contributed by atoms with Crippen LogP contribution in [-0.2, 0) is 9.63 Å². The highest BCUT2D eigenvalue weighted by atomic mass is 16.6. The SMILES string of the molecule is C=CCN(C[C@H]1CC(c2ccccn2)=NO1)C(=O)CC. The average molecular weight is 273 g/mol. The van der Waals surface area contributed by atoms with E-state index in [4.69, 9.17) is 4.84 Å². The van der Waals surface area contributed by atoms with E-state index in [1.54, 1.807) is 17.2 Å². The molecule has 1 aromatic rings. The molecule has 2 heterocycles.